The smallest absolute Gasteiger partial charge is 0.158 e. The maximum Gasteiger partial charge on any atom is 0.158 e. The van der Waals surface area contributed by atoms with Gasteiger partial charge in [-0.05, 0) is 31.3 Å². The minimum Gasteiger partial charge on any atom is -0.366 e. The lowest BCUT2D eigenvalue weighted by Gasteiger charge is -2.45. The molecule has 2 saturated heterocycles. The number of anilines is 3. The van der Waals surface area contributed by atoms with Crippen LogP contribution in [0.25, 0.3) is 5.69 Å². The lowest BCUT2D eigenvalue weighted by Crippen LogP contribution is -2.55. The fourth-order valence-corrected chi connectivity index (χ4v) is 4.07. The van der Waals surface area contributed by atoms with Crippen LogP contribution in [0.3, 0.4) is 0 Å². The molecule has 0 amide bonds. The van der Waals surface area contributed by atoms with Gasteiger partial charge in [0.2, 0.25) is 0 Å². The first-order valence-corrected chi connectivity index (χ1v) is 9.28. The number of hydrogen-bond acceptors (Lipinski definition) is 7. The van der Waals surface area contributed by atoms with E-state index in [-0.39, 0.29) is 5.69 Å². The number of hydrogen-bond donors (Lipinski definition) is 1. The van der Waals surface area contributed by atoms with Crippen LogP contribution in [-0.4, -0.2) is 57.1 Å². The summed E-state index contributed by atoms with van der Waals surface area (Å²) in [6.45, 7) is 3.52. The first-order chi connectivity index (χ1) is 13.7. The van der Waals surface area contributed by atoms with E-state index < -0.39 is 0 Å². The number of benzene rings is 1. The maximum atomic E-state index is 8.78. The standard InChI is InChI=1S/C20H20N8/c1-26-9-14-10-28(18(14)11-26)17-4-2-16(3-5-17)27-12-20(24-13-27)25-19-8-22-15(6-21)7-23-19/h2-5,7-8,12-14,18H,9-11H2,1H3,(H,23,25). The highest BCUT2D eigenvalue weighted by atomic mass is 15.3. The quantitative estimate of drug-likeness (QED) is 0.750. The van der Waals surface area contributed by atoms with Gasteiger partial charge in [0.05, 0.1) is 18.6 Å². The topological polar surface area (TPSA) is 85.9 Å². The number of fused-ring (bicyclic) bond motifs is 1. The molecule has 0 saturated carbocycles. The summed E-state index contributed by atoms with van der Waals surface area (Å²) in [5, 5.41) is 11.9. The van der Waals surface area contributed by atoms with Crippen molar-refractivity contribution in [2.24, 2.45) is 5.92 Å². The van der Waals surface area contributed by atoms with E-state index in [1.54, 1.807) is 6.33 Å². The molecule has 3 aromatic rings. The number of nitrogens with zero attached hydrogens (tertiary/aromatic N) is 7. The molecule has 2 aliphatic rings. The number of nitrogens with one attached hydrogen (secondary N) is 1. The molecule has 1 aromatic carbocycles. The van der Waals surface area contributed by atoms with Crippen LogP contribution in [0.4, 0.5) is 17.3 Å². The highest BCUT2D eigenvalue weighted by Crippen LogP contribution is 2.36. The molecular weight excluding hydrogens is 352 g/mol. The summed E-state index contributed by atoms with van der Waals surface area (Å²) in [4.78, 5) is 17.4. The Hall–Kier alpha value is -3.44. The summed E-state index contributed by atoms with van der Waals surface area (Å²) >= 11 is 0. The van der Waals surface area contributed by atoms with Crippen LogP contribution in [0.15, 0.2) is 49.2 Å². The third-order valence-electron chi connectivity index (χ3n) is 5.51. The highest BCUT2D eigenvalue weighted by molar-refractivity contribution is 5.56. The summed E-state index contributed by atoms with van der Waals surface area (Å²) in [6, 6.07) is 11.2. The van der Waals surface area contributed by atoms with Gasteiger partial charge < -0.3 is 19.7 Å². The summed E-state index contributed by atoms with van der Waals surface area (Å²) in [5.41, 5.74) is 2.62. The predicted molar refractivity (Wildman–Crippen MR) is 106 cm³/mol. The van der Waals surface area contributed by atoms with E-state index in [1.807, 2.05) is 16.8 Å². The van der Waals surface area contributed by atoms with Crippen molar-refractivity contribution in [1.82, 2.24) is 24.4 Å². The molecule has 28 heavy (non-hydrogen) atoms. The van der Waals surface area contributed by atoms with Crippen molar-refractivity contribution in [3.05, 3.63) is 54.9 Å². The van der Waals surface area contributed by atoms with Gasteiger partial charge >= 0.3 is 0 Å². The van der Waals surface area contributed by atoms with E-state index in [0.29, 0.717) is 17.7 Å². The van der Waals surface area contributed by atoms with Crippen molar-refractivity contribution >= 4 is 17.3 Å². The van der Waals surface area contributed by atoms with E-state index in [2.05, 4.69) is 61.4 Å². The van der Waals surface area contributed by atoms with Gasteiger partial charge in [0.15, 0.2) is 5.69 Å². The van der Waals surface area contributed by atoms with Gasteiger partial charge in [-0.1, -0.05) is 0 Å². The summed E-state index contributed by atoms with van der Waals surface area (Å²) in [7, 11) is 2.20. The Labute approximate surface area is 163 Å². The van der Waals surface area contributed by atoms with Gasteiger partial charge in [0, 0.05) is 43.0 Å². The summed E-state index contributed by atoms with van der Waals surface area (Å²) < 4.78 is 1.96. The Morgan fingerprint density at radius 2 is 1.82 bits per heavy atom. The Morgan fingerprint density at radius 3 is 2.54 bits per heavy atom. The number of aromatic nitrogens is 4. The van der Waals surface area contributed by atoms with Crippen LogP contribution in [0.2, 0.25) is 0 Å². The van der Waals surface area contributed by atoms with Crippen molar-refractivity contribution in [2.45, 2.75) is 6.04 Å². The van der Waals surface area contributed by atoms with Crippen molar-refractivity contribution in [3.8, 4) is 11.8 Å². The maximum absolute atomic E-state index is 8.78. The van der Waals surface area contributed by atoms with E-state index in [4.69, 9.17) is 5.26 Å². The third-order valence-corrected chi connectivity index (χ3v) is 5.51. The van der Waals surface area contributed by atoms with Crippen LogP contribution in [0.5, 0.6) is 0 Å². The van der Waals surface area contributed by atoms with Crippen LogP contribution in [0, 0.1) is 17.2 Å². The van der Waals surface area contributed by atoms with Crippen molar-refractivity contribution < 1.29 is 0 Å². The zero-order valence-electron chi connectivity index (χ0n) is 15.5. The van der Waals surface area contributed by atoms with E-state index in [9.17, 15) is 0 Å². The largest absolute Gasteiger partial charge is 0.366 e. The number of imidazole rings is 1. The Kier molecular flexibility index (Phi) is 3.95. The van der Waals surface area contributed by atoms with Gasteiger partial charge in [-0.15, -0.1) is 0 Å². The Bertz CT molecular complexity index is 1020. The number of rotatable bonds is 4. The molecule has 5 rings (SSSR count). The molecule has 2 unspecified atom stereocenters. The minimum atomic E-state index is 0.286. The molecule has 0 spiro atoms. The molecular formula is C20H20N8. The Balaban J connectivity index is 1.27. The number of likely N-dealkylation sites (tertiary alicyclic amines) is 1. The second-order valence-electron chi connectivity index (χ2n) is 7.41. The molecule has 0 aliphatic carbocycles. The first-order valence-electron chi connectivity index (χ1n) is 9.28. The first kappa shape index (κ1) is 16.7. The predicted octanol–water partition coefficient (Wildman–Crippen LogP) is 2.03. The minimum absolute atomic E-state index is 0.286. The number of nitriles is 1. The normalized spacial score (nSPS) is 21.1. The van der Waals surface area contributed by atoms with Gasteiger partial charge in [0.1, 0.15) is 24.0 Å². The van der Waals surface area contributed by atoms with Gasteiger partial charge in [-0.25, -0.2) is 15.0 Å². The van der Waals surface area contributed by atoms with E-state index in [1.165, 1.54) is 24.6 Å². The molecule has 140 valence electrons. The zero-order chi connectivity index (χ0) is 19.1. The molecule has 0 bridgehead atoms. The summed E-state index contributed by atoms with van der Waals surface area (Å²) in [5.74, 6) is 2.04. The van der Waals surface area contributed by atoms with Gasteiger partial charge in [-0.3, -0.25) is 0 Å². The van der Waals surface area contributed by atoms with Crippen LogP contribution in [0.1, 0.15) is 5.69 Å². The monoisotopic (exact) mass is 372 g/mol. The SMILES string of the molecule is CN1CC2CN(c3ccc(-n4cnc(Nc5cnc(C#N)cn5)c4)cc3)C2C1. The Morgan fingerprint density at radius 1 is 1.00 bits per heavy atom. The average molecular weight is 372 g/mol. The molecule has 4 heterocycles. The average Bonchev–Trinajstić information content (AvgIpc) is 3.29. The van der Waals surface area contributed by atoms with Crippen molar-refractivity contribution in [3.63, 3.8) is 0 Å². The van der Waals surface area contributed by atoms with Crippen molar-refractivity contribution in [1.29, 1.82) is 5.26 Å². The van der Waals surface area contributed by atoms with E-state index >= 15 is 0 Å². The highest BCUT2D eigenvalue weighted by Gasteiger charge is 2.44. The lowest BCUT2D eigenvalue weighted by atomic mass is 9.91. The fraction of sp³-hybridized carbons (Fsp3) is 0.300. The molecule has 2 atom stereocenters. The molecule has 2 aromatic heterocycles. The second-order valence-corrected chi connectivity index (χ2v) is 7.41. The molecule has 8 heteroatoms. The van der Waals surface area contributed by atoms with Crippen LogP contribution in [-0.2, 0) is 0 Å². The fourth-order valence-electron chi connectivity index (χ4n) is 4.07. The van der Waals surface area contributed by atoms with Gasteiger partial charge in [0.25, 0.3) is 0 Å². The lowest BCUT2D eigenvalue weighted by molar-refractivity contribution is 0.361. The van der Waals surface area contributed by atoms with E-state index in [0.717, 1.165) is 24.7 Å². The molecule has 8 nitrogen and oxygen atoms in total. The molecule has 1 N–H and O–H groups in total. The second kappa shape index (κ2) is 6.62. The molecule has 2 aliphatic heterocycles. The zero-order valence-corrected chi connectivity index (χ0v) is 15.5. The van der Waals surface area contributed by atoms with Crippen LogP contribution < -0.4 is 10.2 Å². The van der Waals surface area contributed by atoms with Gasteiger partial charge in [-0.2, -0.15) is 5.26 Å². The van der Waals surface area contributed by atoms with Crippen molar-refractivity contribution in [2.75, 3.05) is 36.9 Å². The third kappa shape index (κ3) is 2.96. The molecule has 0 radical (unpaired) electrons. The molecule has 2 fully saturated rings. The summed E-state index contributed by atoms with van der Waals surface area (Å²) in [6.07, 6.45) is 6.62. The number of likely N-dealkylation sites (N-methyl/N-ethyl adjacent to an activating group) is 1. The van der Waals surface area contributed by atoms with Crippen LogP contribution >= 0.6 is 0 Å².